The van der Waals surface area contributed by atoms with E-state index in [0.717, 1.165) is 22.5 Å². The minimum atomic E-state index is -0.612. The third-order valence-electron chi connectivity index (χ3n) is 4.68. The van der Waals surface area contributed by atoms with E-state index in [2.05, 4.69) is 58.9 Å². The maximum Gasteiger partial charge on any atom is 0.117 e. The predicted molar refractivity (Wildman–Crippen MR) is 99.9 cm³/mol. The van der Waals surface area contributed by atoms with Crippen molar-refractivity contribution in [3.8, 4) is 0 Å². The molecule has 0 bridgehead atoms. The number of para-hydroxylation sites is 1. The third-order valence-corrected chi connectivity index (χ3v) is 4.68. The number of allylic oxidation sites excluding steroid dienone is 2. The molecule has 124 valence electrons. The fourth-order valence-corrected chi connectivity index (χ4v) is 3.06. The van der Waals surface area contributed by atoms with Crippen molar-refractivity contribution in [2.75, 3.05) is 0 Å². The molecule has 1 unspecified atom stereocenters. The van der Waals surface area contributed by atoms with E-state index in [4.69, 9.17) is 4.99 Å². The summed E-state index contributed by atoms with van der Waals surface area (Å²) in [5, 5.41) is 10.6. The molecule has 2 rings (SSSR count). The molecular weight excluding hydrogens is 282 g/mol. The van der Waals surface area contributed by atoms with Gasteiger partial charge in [-0.1, -0.05) is 52.0 Å². The monoisotopic (exact) mass is 311 g/mol. The van der Waals surface area contributed by atoms with Gasteiger partial charge in [-0.3, -0.25) is 0 Å². The Balaban J connectivity index is 2.69. The lowest BCUT2D eigenvalue weighted by molar-refractivity contribution is 0.276. The first-order chi connectivity index (χ1) is 10.7. The highest BCUT2D eigenvalue weighted by Gasteiger charge is 2.23. The highest BCUT2D eigenvalue weighted by atomic mass is 16.3. The van der Waals surface area contributed by atoms with E-state index in [-0.39, 0.29) is 0 Å². The smallest absolute Gasteiger partial charge is 0.117 e. The number of aliphatic hydroxyl groups excluding tert-OH is 1. The van der Waals surface area contributed by atoms with E-state index in [1.807, 2.05) is 13.8 Å². The molecule has 0 radical (unpaired) electrons. The molecule has 2 nitrogen and oxygen atoms in total. The van der Waals surface area contributed by atoms with Gasteiger partial charge in [0, 0.05) is 0 Å². The van der Waals surface area contributed by atoms with Crippen molar-refractivity contribution in [1.29, 1.82) is 0 Å². The van der Waals surface area contributed by atoms with Crippen molar-refractivity contribution >= 4 is 11.4 Å². The molecule has 1 aliphatic rings. The highest BCUT2D eigenvalue weighted by molar-refractivity contribution is 6.08. The third kappa shape index (κ3) is 3.48. The topological polar surface area (TPSA) is 32.6 Å². The van der Waals surface area contributed by atoms with Crippen molar-refractivity contribution in [2.45, 2.75) is 66.4 Å². The summed E-state index contributed by atoms with van der Waals surface area (Å²) in [4.78, 5) is 4.99. The van der Waals surface area contributed by atoms with Gasteiger partial charge in [-0.15, -0.1) is 0 Å². The van der Waals surface area contributed by atoms with Gasteiger partial charge in [-0.25, -0.2) is 4.99 Å². The number of hydrogen-bond acceptors (Lipinski definition) is 2. The van der Waals surface area contributed by atoms with E-state index in [0.29, 0.717) is 11.8 Å². The summed E-state index contributed by atoms with van der Waals surface area (Å²) in [6, 6.07) is 6.42. The molecule has 0 fully saturated rings. The Bertz CT molecular complexity index is 664. The maximum absolute atomic E-state index is 10.6. The first kappa shape index (κ1) is 17.7. The zero-order valence-electron chi connectivity index (χ0n) is 15.4. The van der Waals surface area contributed by atoms with Crippen molar-refractivity contribution in [3.05, 3.63) is 52.1 Å². The van der Waals surface area contributed by atoms with Crippen LogP contribution in [0.1, 0.15) is 71.4 Å². The second-order valence-electron chi connectivity index (χ2n) is 7.19. The molecule has 1 N–H and O–H groups in total. The Morgan fingerprint density at radius 3 is 1.96 bits per heavy atom. The number of hydrogen-bond donors (Lipinski definition) is 1. The average molecular weight is 311 g/mol. The minimum Gasteiger partial charge on any atom is -0.382 e. The second kappa shape index (κ2) is 6.84. The largest absolute Gasteiger partial charge is 0.382 e. The Kier molecular flexibility index (Phi) is 5.26. The van der Waals surface area contributed by atoms with Crippen molar-refractivity contribution < 1.29 is 5.11 Å². The van der Waals surface area contributed by atoms with Crippen LogP contribution >= 0.6 is 0 Å². The van der Waals surface area contributed by atoms with Crippen LogP contribution in [-0.2, 0) is 0 Å². The SMILES string of the molecule is CC1=CC(C)=C(C)C(=Nc2c(C(C)C)cccc2C(C)C)C1O. The fourth-order valence-electron chi connectivity index (χ4n) is 3.06. The van der Waals surface area contributed by atoms with Crippen LogP contribution < -0.4 is 0 Å². The number of aliphatic hydroxyl groups is 1. The van der Waals surface area contributed by atoms with E-state index in [9.17, 15) is 5.11 Å². The molecular formula is C21H29NO. The van der Waals surface area contributed by atoms with Gasteiger partial charge in [0.1, 0.15) is 6.10 Å². The van der Waals surface area contributed by atoms with Gasteiger partial charge in [0.15, 0.2) is 0 Å². The van der Waals surface area contributed by atoms with Crippen molar-refractivity contribution in [3.63, 3.8) is 0 Å². The van der Waals surface area contributed by atoms with Gasteiger partial charge < -0.3 is 5.11 Å². The fraction of sp³-hybridized carbons (Fsp3) is 0.476. The molecule has 1 atom stereocenters. The summed E-state index contributed by atoms with van der Waals surface area (Å²) in [5.41, 5.74) is 7.53. The van der Waals surface area contributed by atoms with E-state index < -0.39 is 6.10 Å². The molecule has 0 saturated heterocycles. The van der Waals surface area contributed by atoms with Crippen LogP contribution in [0.2, 0.25) is 0 Å². The standard InChI is InChI=1S/C21H29NO/c1-12(2)17-9-8-10-18(13(3)4)20(17)22-19-16(7)14(5)11-15(6)21(19)23/h8-13,21,23H,1-7H3. The number of aliphatic imine (C=N–C) groups is 1. The number of benzene rings is 1. The molecule has 0 aliphatic heterocycles. The predicted octanol–water partition coefficient (Wildman–Crippen LogP) is 5.66. The number of rotatable bonds is 3. The lowest BCUT2D eigenvalue weighted by Gasteiger charge is -2.24. The molecule has 0 heterocycles. The van der Waals surface area contributed by atoms with E-state index in [1.165, 1.54) is 16.7 Å². The highest BCUT2D eigenvalue weighted by Crippen LogP contribution is 2.36. The Labute approximate surface area is 140 Å². The summed E-state index contributed by atoms with van der Waals surface area (Å²) in [6.45, 7) is 14.9. The summed E-state index contributed by atoms with van der Waals surface area (Å²) >= 11 is 0. The van der Waals surface area contributed by atoms with Crippen LogP contribution in [-0.4, -0.2) is 16.9 Å². The number of nitrogens with zero attached hydrogens (tertiary/aromatic N) is 1. The molecule has 0 spiro atoms. The molecule has 0 saturated carbocycles. The molecule has 0 amide bonds. The molecule has 23 heavy (non-hydrogen) atoms. The van der Waals surface area contributed by atoms with Crippen LogP contribution in [0.3, 0.4) is 0 Å². The summed E-state index contributed by atoms with van der Waals surface area (Å²) in [6.07, 6.45) is 1.44. The lowest BCUT2D eigenvalue weighted by atomic mass is 9.89. The van der Waals surface area contributed by atoms with Crippen LogP contribution in [0.5, 0.6) is 0 Å². The summed E-state index contributed by atoms with van der Waals surface area (Å²) in [5.74, 6) is 0.798. The van der Waals surface area contributed by atoms with Crippen molar-refractivity contribution in [2.24, 2.45) is 4.99 Å². The molecule has 0 aromatic heterocycles. The molecule has 1 aliphatic carbocycles. The molecule has 1 aromatic rings. The van der Waals surface area contributed by atoms with Crippen LogP contribution in [0.25, 0.3) is 0 Å². The van der Waals surface area contributed by atoms with Crippen LogP contribution in [0.4, 0.5) is 5.69 Å². The van der Waals surface area contributed by atoms with Gasteiger partial charge in [0.05, 0.1) is 11.4 Å². The van der Waals surface area contributed by atoms with Gasteiger partial charge in [-0.05, 0) is 60.5 Å². The quantitative estimate of drug-likeness (QED) is 0.767. The van der Waals surface area contributed by atoms with Gasteiger partial charge in [0.25, 0.3) is 0 Å². The Hall–Kier alpha value is -1.67. The van der Waals surface area contributed by atoms with Crippen molar-refractivity contribution in [1.82, 2.24) is 0 Å². The lowest BCUT2D eigenvalue weighted by Crippen LogP contribution is -2.26. The van der Waals surface area contributed by atoms with Crippen LogP contribution in [0, 0.1) is 0 Å². The summed E-state index contributed by atoms with van der Waals surface area (Å²) in [7, 11) is 0. The maximum atomic E-state index is 10.6. The second-order valence-corrected chi connectivity index (χ2v) is 7.19. The molecule has 2 heteroatoms. The first-order valence-electron chi connectivity index (χ1n) is 8.49. The first-order valence-corrected chi connectivity index (χ1v) is 8.49. The normalized spacial score (nSPS) is 20.7. The zero-order valence-corrected chi connectivity index (χ0v) is 15.4. The minimum absolute atomic E-state index is 0.399. The van der Waals surface area contributed by atoms with Gasteiger partial charge in [-0.2, -0.15) is 0 Å². The van der Waals surface area contributed by atoms with E-state index >= 15 is 0 Å². The van der Waals surface area contributed by atoms with E-state index in [1.54, 1.807) is 0 Å². The summed E-state index contributed by atoms with van der Waals surface area (Å²) < 4.78 is 0. The molecule has 1 aromatic carbocycles. The van der Waals surface area contributed by atoms with Gasteiger partial charge in [0.2, 0.25) is 0 Å². The average Bonchev–Trinajstić information content (AvgIpc) is 2.49. The Morgan fingerprint density at radius 2 is 1.48 bits per heavy atom. The van der Waals surface area contributed by atoms with Gasteiger partial charge >= 0.3 is 0 Å². The zero-order chi connectivity index (χ0) is 17.3. The van der Waals surface area contributed by atoms with Crippen LogP contribution in [0.15, 0.2) is 46.0 Å². The Morgan fingerprint density at radius 1 is 0.957 bits per heavy atom.